The van der Waals surface area contributed by atoms with Gasteiger partial charge in [-0.05, 0) is 91.3 Å². The first-order chi connectivity index (χ1) is 21.4. The van der Waals surface area contributed by atoms with Gasteiger partial charge in [0.15, 0.2) is 17.3 Å². The van der Waals surface area contributed by atoms with Crippen molar-refractivity contribution in [2.45, 2.75) is 102 Å². The molecule has 5 heterocycles. The van der Waals surface area contributed by atoms with Crippen LogP contribution < -0.4 is 15.5 Å². The largest absolute Gasteiger partial charge is 0.389 e. The molecule has 1 saturated heterocycles. The number of likely N-dealkylation sites (N-methyl/N-ethyl adjacent to an activating group) is 2. The number of aromatic nitrogens is 3. The number of amides is 1. The minimum Gasteiger partial charge on any atom is -0.389 e. The van der Waals surface area contributed by atoms with Crippen LogP contribution >= 0.6 is 11.3 Å². The lowest BCUT2D eigenvalue weighted by atomic mass is 9.63. The van der Waals surface area contributed by atoms with Crippen LogP contribution in [0.3, 0.4) is 0 Å². The number of nitrogens with zero attached hydrogens (tertiary/aromatic N) is 7. The van der Waals surface area contributed by atoms with E-state index in [2.05, 4.69) is 30.1 Å². The van der Waals surface area contributed by atoms with Gasteiger partial charge in [-0.1, -0.05) is 5.16 Å². The summed E-state index contributed by atoms with van der Waals surface area (Å²) in [5.74, 6) is 2.47. The number of aryl methyl sites for hydroxylation is 1. The number of hydrogen-bond acceptors (Lipinski definition) is 11. The number of nitrogens with two attached hydrogens (primary N) is 1. The Hall–Kier alpha value is -3.53. The molecule has 3 aromatic rings. The minimum absolute atomic E-state index is 0.0112. The minimum atomic E-state index is -0.978. The normalized spacial score (nSPS) is 23.6. The molecule has 0 saturated carbocycles. The van der Waals surface area contributed by atoms with E-state index in [1.807, 2.05) is 16.8 Å². The zero-order valence-electron chi connectivity index (χ0n) is 26.8. The molecule has 45 heavy (non-hydrogen) atoms. The second-order valence-corrected chi connectivity index (χ2v) is 15.2. The van der Waals surface area contributed by atoms with Crippen LogP contribution in [0, 0.1) is 11.3 Å². The fraction of sp³-hybridized carbons (Fsp3) is 0.606. The average Bonchev–Trinajstić information content (AvgIpc) is 3.75. The van der Waals surface area contributed by atoms with Crippen molar-refractivity contribution < 1.29 is 14.4 Å². The Morgan fingerprint density at radius 2 is 2.00 bits per heavy atom. The lowest BCUT2D eigenvalue weighted by molar-refractivity contribution is -0.118. The Balaban J connectivity index is 1.38. The van der Waals surface area contributed by atoms with Crippen LogP contribution in [-0.4, -0.2) is 75.9 Å². The molecule has 0 unspecified atom stereocenters. The van der Waals surface area contributed by atoms with Gasteiger partial charge in [0.2, 0.25) is 5.91 Å². The average molecular weight is 631 g/mol. The monoisotopic (exact) mass is 630 g/mol. The van der Waals surface area contributed by atoms with Gasteiger partial charge in [-0.2, -0.15) is 5.26 Å². The van der Waals surface area contributed by atoms with E-state index in [1.165, 1.54) is 16.2 Å². The Kier molecular flexibility index (Phi) is 7.22. The molecule has 2 aliphatic carbocycles. The van der Waals surface area contributed by atoms with Gasteiger partial charge in [0, 0.05) is 35.6 Å². The highest BCUT2D eigenvalue weighted by atomic mass is 32.1. The zero-order chi connectivity index (χ0) is 31.8. The van der Waals surface area contributed by atoms with Crippen LogP contribution in [0.25, 0.3) is 11.5 Å². The molecule has 1 fully saturated rings. The number of carbonyl (C=O) groups excluding carboxylic acids is 1. The number of rotatable bonds is 6. The van der Waals surface area contributed by atoms with Crippen molar-refractivity contribution in [3.8, 4) is 17.6 Å². The van der Waals surface area contributed by atoms with E-state index < -0.39 is 11.0 Å². The van der Waals surface area contributed by atoms with Crippen LogP contribution in [0.4, 0.5) is 16.6 Å². The second-order valence-electron chi connectivity index (χ2n) is 14.1. The molecular weight excluding hydrogens is 588 g/mol. The molecule has 2 aliphatic heterocycles. The maximum absolute atomic E-state index is 13.7. The summed E-state index contributed by atoms with van der Waals surface area (Å²) in [6.45, 7) is 6.98. The highest BCUT2D eigenvalue weighted by Gasteiger charge is 2.49. The maximum atomic E-state index is 13.7. The Morgan fingerprint density at radius 3 is 2.69 bits per heavy atom. The smallest absolute Gasteiger partial charge is 0.233 e. The van der Waals surface area contributed by atoms with Crippen molar-refractivity contribution in [1.29, 1.82) is 5.26 Å². The summed E-state index contributed by atoms with van der Waals surface area (Å²) in [6.07, 6.45) is 7.64. The SMILES string of the molecule is C[C@@H]([C@@H]1CCCN1C)N1C(=O)Cc2c(N(C)CC(C)(C)O)nc(-c3noc4c3CCC[C@@]43CCCc4sc(N)c(C#N)c43)nc21. The zero-order valence-corrected chi connectivity index (χ0v) is 27.6. The Labute approximate surface area is 268 Å². The summed E-state index contributed by atoms with van der Waals surface area (Å²) in [5, 5.41) is 26.0. The van der Waals surface area contributed by atoms with E-state index in [9.17, 15) is 15.2 Å². The van der Waals surface area contributed by atoms with Crippen molar-refractivity contribution in [3.05, 3.63) is 32.9 Å². The Morgan fingerprint density at radius 1 is 1.24 bits per heavy atom. The van der Waals surface area contributed by atoms with Crippen molar-refractivity contribution in [2.75, 3.05) is 42.7 Å². The molecule has 1 spiro atoms. The van der Waals surface area contributed by atoms with Gasteiger partial charge in [0.25, 0.3) is 0 Å². The number of nitriles is 1. The van der Waals surface area contributed by atoms with E-state index in [0.29, 0.717) is 40.3 Å². The third-order valence-electron chi connectivity index (χ3n) is 10.4. The van der Waals surface area contributed by atoms with Crippen molar-refractivity contribution in [1.82, 2.24) is 20.0 Å². The topological polar surface area (TPSA) is 149 Å². The quantitative estimate of drug-likeness (QED) is 0.406. The van der Waals surface area contributed by atoms with Gasteiger partial charge >= 0.3 is 0 Å². The lowest BCUT2D eigenvalue weighted by Gasteiger charge is -2.39. The van der Waals surface area contributed by atoms with Gasteiger partial charge < -0.3 is 25.2 Å². The highest BCUT2D eigenvalue weighted by molar-refractivity contribution is 7.16. The van der Waals surface area contributed by atoms with Crippen LogP contribution in [-0.2, 0) is 29.5 Å². The maximum Gasteiger partial charge on any atom is 0.233 e. The van der Waals surface area contributed by atoms with Crippen molar-refractivity contribution in [2.24, 2.45) is 0 Å². The lowest BCUT2D eigenvalue weighted by Crippen LogP contribution is -2.48. The molecule has 3 N–H and O–H groups in total. The van der Waals surface area contributed by atoms with Gasteiger partial charge in [-0.3, -0.25) is 9.69 Å². The first-order valence-electron chi connectivity index (χ1n) is 16.1. The summed E-state index contributed by atoms with van der Waals surface area (Å²) in [6, 6.07) is 2.56. The Bertz CT molecular complexity index is 1710. The number of nitrogen functional groups attached to an aromatic ring is 1. The number of thiophene rings is 1. The predicted octanol–water partition coefficient (Wildman–Crippen LogP) is 4.18. The molecule has 238 valence electrons. The number of hydrogen-bond donors (Lipinski definition) is 2. The molecule has 0 bridgehead atoms. The van der Waals surface area contributed by atoms with E-state index >= 15 is 0 Å². The predicted molar refractivity (Wildman–Crippen MR) is 174 cm³/mol. The van der Waals surface area contributed by atoms with E-state index in [1.54, 1.807) is 13.8 Å². The van der Waals surface area contributed by atoms with Gasteiger partial charge in [0.05, 0.1) is 29.0 Å². The highest BCUT2D eigenvalue weighted by Crippen LogP contribution is 2.55. The number of likely N-dealkylation sites (tertiary alicyclic amines) is 1. The van der Waals surface area contributed by atoms with Gasteiger partial charge in [-0.15, -0.1) is 11.3 Å². The van der Waals surface area contributed by atoms with Crippen LogP contribution in [0.1, 0.15) is 92.2 Å². The fourth-order valence-corrected chi connectivity index (χ4v) is 9.76. The van der Waals surface area contributed by atoms with Gasteiger partial charge in [-0.25, -0.2) is 9.97 Å². The van der Waals surface area contributed by atoms with Crippen LogP contribution in [0.15, 0.2) is 4.52 Å². The summed E-state index contributed by atoms with van der Waals surface area (Å²) in [4.78, 5) is 31.2. The summed E-state index contributed by atoms with van der Waals surface area (Å²) in [5.41, 5.74) is 8.86. The number of aliphatic hydroxyl groups is 1. The fourth-order valence-electron chi connectivity index (χ4n) is 8.60. The molecule has 0 radical (unpaired) electrons. The van der Waals surface area contributed by atoms with Crippen LogP contribution in [0.5, 0.6) is 0 Å². The summed E-state index contributed by atoms with van der Waals surface area (Å²) >= 11 is 1.53. The molecule has 4 aliphatic rings. The number of anilines is 3. The molecule has 3 aromatic heterocycles. The van der Waals surface area contributed by atoms with E-state index in [0.717, 1.165) is 80.4 Å². The molecule has 12 heteroatoms. The third-order valence-corrected chi connectivity index (χ3v) is 11.5. The standard InChI is InChI=1S/C33H42N8O3S/c1-18(22-10-8-14-39(22)4)41-24(42)15-20-30(40(5)17-32(2,3)43)36-29(37-31(20)41)26-19-9-6-12-33(27(19)44-38-26)13-7-11-23-25(33)21(16-34)28(35)45-23/h18,22,43H,6-15,17,35H2,1-5H3/t18-,22-,33-/m0/s1. The molecular formula is C33H42N8O3S. The number of carbonyl (C=O) groups is 1. The summed E-state index contributed by atoms with van der Waals surface area (Å²) in [7, 11) is 4.02. The molecule has 1 amide bonds. The van der Waals surface area contributed by atoms with E-state index in [4.69, 9.17) is 20.2 Å². The first kappa shape index (κ1) is 30.1. The second kappa shape index (κ2) is 10.8. The van der Waals surface area contributed by atoms with Crippen molar-refractivity contribution in [3.63, 3.8) is 0 Å². The molecule has 3 atom stereocenters. The molecule has 0 aromatic carbocycles. The van der Waals surface area contributed by atoms with Gasteiger partial charge in [0.1, 0.15) is 22.7 Å². The summed E-state index contributed by atoms with van der Waals surface area (Å²) < 4.78 is 6.28. The number of fused-ring (bicyclic) bond motifs is 5. The molecule has 11 nitrogen and oxygen atoms in total. The van der Waals surface area contributed by atoms with Crippen LogP contribution in [0.2, 0.25) is 0 Å². The van der Waals surface area contributed by atoms with Crippen molar-refractivity contribution >= 4 is 33.9 Å². The van der Waals surface area contributed by atoms with E-state index in [-0.39, 0.29) is 24.4 Å². The first-order valence-corrected chi connectivity index (χ1v) is 16.9. The molecule has 7 rings (SSSR count). The third kappa shape index (κ3) is 4.73.